The number of sulfonamides is 1. The zero-order valence-corrected chi connectivity index (χ0v) is 19.4. The molecule has 1 heterocycles. The summed E-state index contributed by atoms with van der Waals surface area (Å²) in [5.74, 6) is 2.01. The Balaban J connectivity index is 1.28. The zero-order chi connectivity index (χ0) is 23.4. The highest BCUT2D eigenvalue weighted by atomic mass is 32.2. The molecule has 5 aliphatic rings. The first kappa shape index (κ1) is 23.1. The number of carbonyl (C=O) groups excluding carboxylic acids is 1. The van der Waals surface area contributed by atoms with Gasteiger partial charge in [-0.1, -0.05) is 6.42 Å². The fraction of sp³-hybridized carbons (Fsp3) is 0.708. The van der Waals surface area contributed by atoms with Crippen LogP contribution in [0.3, 0.4) is 0 Å². The van der Waals surface area contributed by atoms with Gasteiger partial charge in [-0.05, 0) is 93.4 Å². The normalized spacial score (nSPS) is 34.4. The third kappa shape index (κ3) is 4.31. The maximum absolute atomic E-state index is 13.3. The Hall–Kier alpha value is -1.61. The third-order valence-electron chi connectivity index (χ3n) is 8.38. The Bertz CT molecular complexity index is 971. The number of piperidine rings is 1. The predicted molar refractivity (Wildman–Crippen MR) is 117 cm³/mol. The molecule has 1 amide bonds. The lowest BCUT2D eigenvalue weighted by molar-refractivity contribution is -0.146. The summed E-state index contributed by atoms with van der Waals surface area (Å²) in [6, 6.07) is 3.28. The van der Waals surface area contributed by atoms with Crippen LogP contribution in [-0.2, 0) is 21.0 Å². The second kappa shape index (κ2) is 8.26. The number of halogens is 3. The molecular weight excluding hydrogens is 453 g/mol. The van der Waals surface area contributed by atoms with Crippen LogP contribution in [0.2, 0.25) is 0 Å². The summed E-state index contributed by atoms with van der Waals surface area (Å²) >= 11 is 0. The molecule has 33 heavy (non-hydrogen) atoms. The van der Waals surface area contributed by atoms with Crippen LogP contribution in [0, 0.1) is 23.2 Å². The van der Waals surface area contributed by atoms with Gasteiger partial charge < -0.3 is 5.32 Å². The summed E-state index contributed by atoms with van der Waals surface area (Å²) in [5, 5.41) is 3.10. The molecule has 0 aromatic heterocycles. The van der Waals surface area contributed by atoms with Crippen molar-refractivity contribution in [2.45, 2.75) is 74.9 Å². The lowest BCUT2D eigenvalue weighted by Gasteiger charge is -2.55. The average Bonchev–Trinajstić information content (AvgIpc) is 2.76. The highest BCUT2D eigenvalue weighted by Crippen LogP contribution is 2.60. The Morgan fingerprint density at radius 2 is 1.58 bits per heavy atom. The summed E-state index contributed by atoms with van der Waals surface area (Å²) < 4.78 is 66.5. The van der Waals surface area contributed by atoms with Crippen LogP contribution in [0.5, 0.6) is 0 Å². The molecule has 1 aliphatic heterocycles. The van der Waals surface area contributed by atoms with E-state index in [4.69, 9.17) is 0 Å². The number of hydrogen-bond donors (Lipinski definition) is 1. The largest absolute Gasteiger partial charge is 0.416 e. The molecule has 1 unspecified atom stereocenters. The van der Waals surface area contributed by atoms with Crippen molar-refractivity contribution in [3.05, 3.63) is 29.8 Å². The Morgan fingerprint density at radius 3 is 2.12 bits per heavy atom. The number of benzene rings is 1. The van der Waals surface area contributed by atoms with Crippen LogP contribution in [0.4, 0.5) is 13.2 Å². The van der Waals surface area contributed by atoms with E-state index in [1.807, 2.05) is 0 Å². The van der Waals surface area contributed by atoms with Gasteiger partial charge in [-0.15, -0.1) is 0 Å². The molecule has 182 valence electrons. The van der Waals surface area contributed by atoms with Crippen LogP contribution >= 0.6 is 0 Å². The van der Waals surface area contributed by atoms with Gasteiger partial charge in [-0.25, -0.2) is 8.42 Å². The molecule has 0 spiro atoms. The summed E-state index contributed by atoms with van der Waals surface area (Å²) in [5.41, 5.74) is -1.17. The molecule has 4 saturated carbocycles. The smallest absolute Gasteiger partial charge is 0.354 e. The van der Waals surface area contributed by atoms with Crippen LogP contribution in [-0.4, -0.2) is 37.8 Å². The topological polar surface area (TPSA) is 66.5 Å². The van der Waals surface area contributed by atoms with Crippen molar-refractivity contribution in [3.63, 3.8) is 0 Å². The van der Waals surface area contributed by atoms with Gasteiger partial charge in [-0.2, -0.15) is 17.5 Å². The minimum Gasteiger partial charge on any atom is -0.354 e. The Morgan fingerprint density at radius 1 is 1.00 bits per heavy atom. The quantitative estimate of drug-likeness (QED) is 0.665. The van der Waals surface area contributed by atoms with Crippen molar-refractivity contribution in [3.8, 4) is 0 Å². The van der Waals surface area contributed by atoms with Gasteiger partial charge in [0.15, 0.2) is 0 Å². The van der Waals surface area contributed by atoms with Crippen molar-refractivity contribution in [1.29, 1.82) is 0 Å². The van der Waals surface area contributed by atoms with E-state index in [-0.39, 0.29) is 28.8 Å². The van der Waals surface area contributed by atoms with E-state index >= 15 is 0 Å². The van der Waals surface area contributed by atoms with Crippen molar-refractivity contribution in [2.24, 2.45) is 23.2 Å². The first-order valence-electron chi connectivity index (χ1n) is 12.0. The molecule has 1 atom stereocenters. The second-order valence-corrected chi connectivity index (χ2v) is 12.6. The number of rotatable bonds is 5. The fourth-order valence-corrected chi connectivity index (χ4v) is 8.93. The number of hydrogen-bond acceptors (Lipinski definition) is 3. The summed E-state index contributed by atoms with van der Waals surface area (Å²) in [6.45, 7) is 0.557. The maximum Gasteiger partial charge on any atom is 0.416 e. The van der Waals surface area contributed by atoms with Gasteiger partial charge in [0.1, 0.15) is 0 Å². The van der Waals surface area contributed by atoms with E-state index in [0.717, 1.165) is 49.9 Å². The third-order valence-corrected chi connectivity index (χ3v) is 10.3. The Kier molecular flexibility index (Phi) is 5.79. The van der Waals surface area contributed by atoms with Gasteiger partial charge >= 0.3 is 6.18 Å². The van der Waals surface area contributed by atoms with Crippen molar-refractivity contribution < 1.29 is 26.4 Å². The average molecular weight is 485 g/mol. The van der Waals surface area contributed by atoms with Crippen molar-refractivity contribution >= 4 is 15.9 Å². The van der Waals surface area contributed by atoms with Gasteiger partial charge in [0.25, 0.3) is 0 Å². The first-order valence-corrected chi connectivity index (χ1v) is 13.5. The molecular formula is C24H31F3N2O3S. The number of carbonyl (C=O) groups is 1. The molecule has 6 rings (SSSR count). The van der Waals surface area contributed by atoms with E-state index < -0.39 is 21.8 Å². The van der Waals surface area contributed by atoms with Gasteiger partial charge in [0, 0.05) is 24.5 Å². The zero-order valence-electron chi connectivity index (χ0n) is 18.6. The van der Waals surface area contributed by atoms with Crippen molar-refractivity contribution in [2.75, 3.05) is 13.1 Å². The molecule has 5 nitrogen and oxygen atoms in total. The molecule has 1 aromatic carbocycles. The molecule has 0 radical (unpaired) electrons. The maximum atomic E-state index is 13.3. The summed E-state index contributed by atoms with van der Waals surface area (Å²) in [7, 11) is -3.95. The Labute approximate surface area is 193 Å². The number of nitrogens with one attached hydrogen (secondary N) is 1. The van der Waals surface area contributed by atoms with Gasteiger partial charge in [0.2, 0.25) is 15.9 Å². The molecule has 1 aromatic rings. The van der Waals surface area contributed by atoms with E-state index in [1.54, 1.807) is 0 Å². The van der Waals surface area contributed by atoms with E-state index in [0.29, 0.717) is 37.1 Å². The van der Waals surface area contributed by atoms with E-state index in [9.17, 15) is 26.4 Å². The molecule has 1 saturated heterocycles. The van der Waals surface area contributed by atoms with E-state index in [1.165, 1.54) is 23.6 Å². The second-order valence-electron chi connectivity index (χ2n) is 10.7. The summed E-state index contributed by atoms with van der Waals surface area (Å²) in [6.07, 6.45) is 4.24. The number of nitrogens with zero attached hydrogens (tertiary/aromatic N) is 1. The lowest BCUT2D eigenvalue weighted by atomic mass is 9.49. The van der Waals surface area contributed by atoms with Crippen LogP contribution in [0.1, 0.15) is 63.4 Å². The first-order chi connectivity index (χ1) is 15.6. The minimum absolute atomic E-state index is 0.0686. The molecule has 4 bridgehead atoms. The SMILES string of the molecule is O=C(NCC1CCCCN1S(=O)(=O)c1ccc(C(F)(F)F)cc1)C12CC3CC(CC(C3)C1)C2. The minimum atomic E-state index is -4.52. The number of amides is 1. The molecule has 9 heteroatoms. The standard InChI is InChI=1S/C24H31F3N2O3S/c25-24(26,27)19-4-6-21(7-5-19)33(31,32)29-8-2-1-3-20(29)15-28-22(30)23-12-16-9-17(13-23)11-18(10-16)14-23/h4-7,16-18,20H,1-3,8-15H2,(H,28,30). The predicted octanol–water partition coefficient (Wildman–Crippen LogP) is 4.58. The molecule has 1 N–H and O–H groups in total. The van der Waals surface area contributed by atoms with Crippen LogP contribution in [0.25, 0.3) is 0 Å². The monoisotopic (exact) mass is 484 g/mol. The molecule has 4 aliphatic carbocycles. The lowest BCUT2D eigenvalue weighted by Crippen LogP contribution is -2.56. The molecule has 5 fully saturated rings. The van der Waals surface area contributed by atoms with Gasteiger partial charge in [-0.3, -0.25) is 4.79 Å². The fourth-order valence-electron chi connectivity index (χ4n) is 7.23. The van der Waals surface area contributed by atoms with E-state index in [2.05, 4.69) is 5.32 Å². The number of alkyl halides is 3. The van der Waals surface area contributed by atoms with Crippen LogP contribution < -0.4 is 5.32 Å². The highest BCUT2D eigenvalue weighted by Gasteiger charge is 2.54. The summed E-state index contributed by atoms with van der Waals surface area (Å²) in [4.78, 5) is 13.2. The highest BCUT2D eigenvalue weighted by molar-refractivity contribution is 7.89. The van der Waals surface area contributed by atoms with Crippen molar-refractivity contribution in [1.82, 2.24) is 9.62 Å². The van der Waals surface area contributed by atoms with Gasteiger partial charge in [0.05, 0.1) is 10.5 Å². The van der Waals surface area contributed by atoms with Crippen LogP contribution in [0.15, 0.2) is 29.2 Å².